The van der Waals surface area contributed by atoms with Crippen LogP contribution in [0.15, 0.2) is 18.2 Å². The summed E-state index contributed by atoms with van der Waals surface area (Å²) in [6, 6.07) is 5.03. The van der Waals surface area contributed by atoms with Gasteiger partial charge in [-0.15, -0.1) is 0 Å². The van der Waals surface area contributed by atoms with Crippen LogP contribution in [0.5, 0.6) is 0 Å². The Kier molecular flexibility index (Phi) is 3.88. The Morgan fingerprint density at radius 1 is 1.40 bits per heavy atom. The highest BCUT2D eigenvalue weighted by atomic mass is 35.5. The van der Waals surface area contributed by atoms with E-state index in [-0.39, 0.29) is 11.0 Å². The van der Waals surface area contributed by atoms with E-state index in [0.717, 1.165) is 5.56 Å². The van der Waals surface area contributed by atoms with Crippen molar-refractivity contribution in [2.75, 3.05) is 0 Å². The summed E-state index contributed by atoms with van der Waals surface area (Å²) in [5.74, 6) is -0.339. The Hall–Kier alpha value is -1.33. The van der Waals surface area contributed by atoms with Gasteiger partial charge in [-0.25, -0.2) is 0 Å². The molecule has 0 aliphatic heterocycles. The van der Waals surface area contributed by atoms with Crippen molar-refractivity contribution < 1.29 is 4.79 Å². The van der Waals surface area contributed by atoms with E-state index in [1.165, 1.54) is 0 Å². The van der Waals surface area contributed by atoms with Crippen molar-refractivity contribution in [3.8, 4) is 0 Å². The lowest BCUT2D eigenvalue weighted by molar-refractivity contribution is 0.0944. The molecule has 0 bridgehead atoms. The monoisotopic (exact) mass is 243 g/mol. The molecule has 0 heterocycles. The second-order valence-electron chi connectivity index (χ2n) is 2.96. The standard InChI is InChI=1S/C9H10ClN3OS/c1-5-2-6(4-7(10)3-5)8(14)12-13-9(11)15/h2-4H,1H3,(H,12,14)(H3,11,13,15). The van der Waals surface area contributed by atoms with Gasteiger partial charge in [-0.3, -0.25) is 15.6 Å². The molecule has 0 unspecified atom stereocenters. The zero-order valence-corrected chi connectivity index (χ0v) is 9.58. The molecule has 0 aromatic heterocycles. The summed E-state index contributed by atoms with van der Waals surface area (Å²) in [6.07, 6.45) is 0. The highest BCUT2D eigenvalue weighted by Gasteiger charge is 2.06. The molecule has 6 heteroatoms. The molecule has 0 aliphatic carbocycles. The Morgan fingerprint density at radius 3 is 2.60 bits per heavy atom. The van der Waals surface area contributed by atoms with Gasteiger partial charge in [0, 0.05) is 10.6 Å². The predicted molar refractivity (Wildman–Crippen MR) is 63.6 cm³/mol. The molecule has 4 nitrogen and oxygen atoms in total. The molecule has 1 rings (SSSR count). The molecule has 80 valence electrons. The summed E-state index contributed by atoms with van der Waals surface area (Å²) in [5.41, 5.74) is 11.2. The van der Waals surface area contributed by atoms with E-state index in [9.17, 15) is 4.79 Å². The number of aryl methyl sites for hydroxylation is 1. The zero-order chi connectivity index (χ0) is 11.4. The first-order chi connectivity index (χ1) is 6.99. The van der Waals surface area contributed by atoms with Crippen molar-refractivity contribution in [1.82, 2.24) is 10.9 Å². The van der Waals surface area contributed by atoms with Crippen molar-refractivity contribution in [2.24, 2.45) is 5.73 Å². The lowest BCUT2D eigenvalue weighted by atomic mass is 10.1. The molecular weight excluding hydrogens is 234 g/mol. The van der Waals surface area contributed by atoms with Gasteiger partial charge in [0.1, 0.15) is 0 Å². The summed E-state index contributed by atoms with van der Waals surface area (Å²) in [7, 11) is 0. The highest BCUT2D eigenvalue weighted by molar-refractivity contribution is 7.80. The zero-order valence-electron chi connectivity index (χ0n) is 8.00. The first kappa shape index (κ1) is 11.7. The summed E-state index contributed by atoms with van der Waals surface area (Å²) < 4.78 is 0. The van der Waals surface area contributed by atoms with Crippen molar-refractivity contribution in [3.63, 3.8) is 0 Å². The average Bonchev–Trinajstić information content (AvgIpc) is 2.12. The quantitative estimate of drug-likeness (QED) is 0.511. The van der Waals surface area contributed by atoms with Crippen LogP contribution in [-0.2, 0) is 0 Å². The number of halogens is 1. The molecule has 0 aliphatic rings. The van der Waals surface area contributed by atoms with Crippen LogP contribution in [-0.4, -0.2) is 11.0 Å². The second-order valence-corrected chi connectivity index (χ2v) is 3.84. The maximum Gasteiger partial charge on any atom is 0.269 e. The number of nitrogens with one attached hydrogen (secondary N) is 2. The van der Waals surface area contributed by atoms with E-state index < -0.39 is 0 Å². The number of thiocarbonyl (C=S) groups is 1. The lowest BCUT2D eigenvalue weighted by Gasteiger charge is -2.07. The van der Waals surface area contributed by atoms with Gasteiger partial charge in [-0.05, 0) is 42.9 Å². The number of carbonyl (C=O) groups is 1. The molecule has 0 fully saturated rings. The summed E-state index contributed by atoms with van der Waals surface area (Å²) in [4.78, 5) is 11.5. The molecule has 0 saturated heterocycles. The number of hydrogen-bond acceptors (Lipinski definition) is 2. The van der Waals surface area contributed by atoms with Crippen LogP contribution >= 0.6 is 23.8 Å². The minimum absolute atomic E-state index is 0.00194. The van der Waals surface area contributed by atoms with E-state index >= 15 is 0 Å². The third-order valence-corrected chi connectivity index (χ3v) is 1.92. The third-order valence-electron chi connectivity index (χ3n) is 1.60. The van der Waals surface area contributed by atoms with Gasteiger partial charge >= 0.3 is 0 Å². The molecule has 0 spiro atoms. The molecule has 1 amide bonds. The average molecular weight is 244 g/mol. The molecule has 4 N–H and O–H groups in total. The normalized spacial score (nSPS) is 9.47. The number of hydrogen-bond donors (Lipinski definition) is 3. The molecule has 1 aromatic rings. The molecule has 1 aromatic carbocycles. The molecular formula is C9H10ClN3OS. The smallest absolute Gasteiger partial charge is 0.269 e. The fourth-order valence-corrected chi connectivity index (χ4v) is 1.40. The Labute approximate surface area is 97.8 Å². The van der Waals surface area contributed by atoms with Crippen molar-refractivity contribution in [2.45, 2.75) is 6.92 Å². The number of hydrazine groups is 1. The molecule has 0 radical (unpaired) electrons. The van der Waals surface area contributed by atoms with E-state index in [4.69, 9.17) is 17.3 Å². The minimum Gasteiger partial charge on any atom is -0.375 e. The van der Waals surface area contributed by atoms with E-state index in [2.05, 4.69) is 23.1 Å². The van der Waals surface area contributed by atoms with Crippen molar-refractivity contribution >= 4 is 34.8 Å². The number of nitrogens with two attached hydrogens (primary N) is 1. The largest absolute Gasteiger partial charge is 0.375 e. The van der Waals surface area contributed by atoms with Crippen LogP contribution < -0.4 is 16.6 Å². The Morgan fingerprint density at radius 2 is 2.07 bits per heavy atom. The van der Waals surface area contributed by atoms with E-state index in [0.29, 0.717) is 10.6 Å². The van der Waals surface area contributed by atoms with Crippen LogP contribution in [0, 0.1) is 6.92 Å². The fourth-order valence-electron chi connectivity index (χ4n) is 1.06. The van der Waals surface area contributed by atoms with E-state index in [1.807, 2.05) is 6.92 Å². The fraction of sp³-hybridized carbons (Fsp3) is 0.111. The molecule has 0 atom stereocenters. The first-order valence-electron chi connectivity index (χ1n) is 4.12. The minimum atomic E-state index is -0.339. The van der Waals surface area contributed by atoms with Crippen LogP contribution in [0.1, 0.15) is 15.9 Å². The van der Waals surface area contributed by atoms with Gasteiger partial charge in [-0.1, -0.05) is 11.6 Å². The van der Waals surface area contributed by atoms with Gasteiger partial charge in [0.05, 0.1) is 0 Å². The topological polar surface area (TPSA) is 67.2 Å². The Bertz CT molecular complexity index is 388. The lowest BCUT2D eigenvalue weighted by Crippen LogP contribution is -2.44. The maximum absolute atomic E-state index is 11.5. The van der Waals surface area contributed by atoms with Gasteiger partial charge in [0.25, 0.3) is 5.91 Å². The number of benzene rings is 1. The van der Waals surface area contributed by atoms with Crippen LogP contribution in [0.3, 0.4) is 0 Å². The first-order valence-corrected chi connectivity index (χ1v) is 4.90. The molecule has 15 heavy (non-hydrogen) atoms. The summed E-state index contributed by atoms with van der Waals surface area (Å²) in [6.45, 7) is 1.85. The second kappa shape index (κ2) is 4.95. The van der Waals surface area contributed by atoms with Gasteiger partial charge in [0.15, 0.2) is 5.11 Å². The Balaban J connectivity index is 2.77. The number of amides is 1. The van der Waals surface area contributed by atoms with Crippen LogP contribution in [0.25, 0.3) is 0 Å². The maximum atomic E-state index is 11.5. The predicted octanol–water partition coefficient (Wildman–Crippen LogP) is 1.13. The third kappa shape index (κ3) is 3.73. The number of rotatable bonds is 1. The van der Waals surface area contributed by atoms with Crippen LogP contribution in [0.4, 0.5) is 0 Å². The SMILES string of the molecule is Cc1cc(Cl)cc(C(=O)NNC(N)=S)c1. The van der Waals surface area contributed by atoms with Crippen molar-refractivity contribution in [3.05, 3.63) is 34.3 Å². The van der Waals surface area contributed by atoms with Crippen LogP contribution in [0.2, 0.25) is 5.02 Å². The van der Waals surface area contributed by atoms with Gasteiger partial charge in [-0.2, -0.15) is 0 Å². The number of carbonyl (C=O) groups excluding carboxylic acids is 1. The van der Waals surface area contributed by atoms with E-state index in [1.54, 1.807) is 18.2 Å². The summed E-state index contributed by atoms with van der Waals surface area (Å²) >= 11 is 10.3. The molecule has 0 saturated carbocycles. The highest BCUT2D eigenvalue weighted by Crippen LogP contribution is 2.14. The summed E-state index contributed by atoms with van der Waals surface area (Å²) in [5, 5.41) is 0.512. The van der Waals surface area contributed by atoms with Gasteiger partial charge in [0.2, 0.25) is 0 Å². The van der Waals surface area contributed by atoms with Crippen molar-refractivity contribution in [1.29, 1.82) is 0 Å². The van der Waals surface area contributed by atoms with Gasteiger partial charge < -0.3 is 5.73 Å².